The lowest BCUT2D eigenvalue weighted by molar-refractivity contribution is 0.186. The van der Waals surface area contributed by atoms with Gasteiger partial charge in [0.1, 0.15) is 12.4 Å². The summed E-state index contributed by atoms with van der Waals surface area (Å²) in [5.74, 6) is 3.78. The normalized spacial score (nSPS) is 24.7. The molecule has 2 saturated carbocycles. The van der Waals surface area contributed by atoms with E-state index in [4.69, 9.17) is 4.74 Å². The number of hydrogen-bond donors (Lipinski definition) is 0. The number of benzene rings is 1. The monoisotopic (exact) mass is 406 g/mol. The summed E-state index contributed by atoms with van der Waals surface area (Å²) in [4.78, 5) is 0. The smallest absolute Gasteiger partial charge is 0.119 e. The second-order valence-electron chi connectivity index (χ2n) is 9.78. The molecule has 2 aliphatic carbocycles. The summed E-state index contributed by atoms with van der Waals surface area (Å²) >= 11 is 0. The third-order valence-electron chi connectivity index (χ3n) is 7.29. The third-order valence-corrected chi connectivity index (χ3v) is 7.29. The summed E-state index contributed by atoms with van der Waals surface area (Å²) in [7, 11) is 0. The van der Waals surface area contributed by atoms with Crippen LogP contribution in [0.15, 0.2) is 59.2 Å². The molecule has 3 rings (SSSR count). The van der Waals surface area contributed by atoms with Gasteiger partial charge in [-0.2, -0.15) is 0 Å². The molecule has 1 nitrogen and oxygen atoms in total. The van der Waals surface area contributed by atoms with Gasteiger partial charge in [-0.15, -0.1) is 0 Å². The predicted molar refractivity (Wildman–Crippen MR) is 130 cm³/mol. The first-order valence-corrected chi connectivity index (χ1v) is 12.3. The van der Waals surface area contributed by atoms with E-state index in [-0.39, 0.29) is 0 Å². The van der Waals surface area contributed by atoms with Crippen LogP contribution in [0.3, 0.4) is 0 Å². The van der Waals surface area contributed by atoms with Gasteiger partial charge < -0.3 is 4.74 Å². The average Bonchev–Trinajstić information content (AvgIpc) is 2.78. The van der Waals surface area contributed by atoms with Crippen molar-refractivity contribution in [1.29, 1.82) is 0 Å². The van der Waals surface area contributed by atoms with Crippen molar-refractivity contribution in [2.75, 3.05) is 6.61 Å². The fraction of sp³-hybridized carbons (Fsp3) is 0.586. The van der Waals surface area contributed by atoms with Crippen LogP contribution in [0.4, 0.5) is 0 Å². The SMILES string of the molecule is C\C=C(C)/C=C(C)\C=C(/C)COc1ccc(C2CCC(C3CCCCC3)CC2)cc1. The highest BCUT2D eigenvalue weighted by molar-refractivity contribution is 5.32. The van der Waals surface area contributed by atoms with Gasteiger partial charge in [-0.25, -0.2) is 0 Å². The van der Waals surface area contributed by atoms with Gasteiger partial charge in [-0.3, -0.25) is 0 Å². The van der Waals surface area contributed by atoms with E-state index < -0.39 is 0 Å². The first-order chi connectivity index (χ1) is 14.5. The molecule has 0 heterocycles. The molecule has 164 valence electrons. The van der Waals surface area contributed by atoms with Gasteiger partial charge in [0, 0.05) is 0 Å². The van der Waals surface area contributed by atoms with Crippen LogP contribution in [0, 0.1) is 11.8 Å². The van der Waals surface area contributed by atoms with Crippen LogP contribution in [-0.4, -0.2) is 6.61 Å². The van der Waals surface area contributed by atoms with Crippen molar-refractivity contribution >= 4 is 0 Å². The maximum atomic E-state index is 6.03. The third kappa shape index (κ3) is 6.89. The van der Waals surface area contributed by atoms with Crippen LogP contribution in [0.25, 0.3) is 0 Å². The molecule has 0 atom stereocenters. The fourth-order valence-electron chi connectivity index (χ4n) is 5.48. The molecule has 0 unspecified atom stereocenters. The van der Waals surface area contributed by atoms with Crippen molar-refractivity contribution in [3.8, 4) is 5.75 Å². The average molecular weight is 407 g/mol. The van der Waals surface area contributed by atoms with E-state index in [0.717, 1.165) is 23.5 Å². The molecule has 1 heteroatoms. The molecular weight excluding hydrogens is 364 g/mol. The minimum Gasteiger partial charge on any atom is -0.489 e. The van der Waals surface area contributed by atoms with Crippen molar-refractivity contribution in [2.24, 2.45) is 11.8 Å². The predicted octanol–water partition coefficient (Wildman–Crippen LogP) is 8.78. The zero-order valence-corrected chi connectivity index (χ0v) is 19.8. The van der Waals surface area contributed by atoms with Crippen molar-refractivity contribution in [1.82, 2.24) is 0 Å². The van der Waals surface area contributed by atoms with E-state index in [9.17, 15) is 0 Å². The van der Waals surface area contributed by atoms with Gasteiger partial charge in [0.25, 0.3) is 0 Å². The van der Waals surface area contributed by atoms with E-state index in [0.29, 0.717) is 6.61 Å². The molecule has 0 N–H and O–H groups in total. The molecule has 1 aromatic rings. The first kappa shape index (κ1) is 22.9. The summed E-state index contributed by atoms with van der Waals surface area (Å²) in [5.41, 5.74) is 5.32. The van der Waals surface area contributed by atoms with Gasteiger partial charge in [0.05, 0.1) is 0 Å². The van der Waals surface area contributed by atoms with E-state index >= 15 is 0 Å². The lowest BCUT2D eigenvalue weighted by atomic mass is 9.70. The van der Waals surface area contributed by atoms with Crippen molar-refractivity contribution in [2.45, 2.75) is 91.4 Å². The largest absolute Gasteiger partial charge is 0.489 e. The fourth-order valence-corrected chi connectivity index (χ4v) is 5.48. The number of ether oxygens (including phenoxy) is 1. The van der Waals surface area contributed by atoms with Crippen molar-refractivity contribution < 1.29 is 4.74 Å². The Kier molecular flexibility index (Phi) is 8.85. The molecule has 0 bridgehead atoms. The van der Waals surface area contributed by atoms with Crippen LogP contribution in [0.2, 0.25) is 0 Å². The summed E-state index contributed by atoms with van der Waals surface area (Å²) in [5, 5.41) is 0. The maximum absolute atomic E-state index is 6.03. The van der Waals surface area contributed by atoms with Crippen molar-refractivity contribution in [3.63, 3.8) is 0 Å². The van der Waals surface area contributed by atoms with Crippen molar-refractivity contribution in [3.05, 3.63) is 64.8 Å². The Morgan fingerprint density at radius 2 is 1.43 bits per heavy atom. The summed E-state index contributed by atoms with van der Waals surface area (Å²) in [6.07, 6.45) is 19.6. The Bertz CT molecular complexity index is 735. The van der Waals surface area contributed by atoms with Gasteiger partial charge in [0.2, 0.25) is 0 Å². The molecule has 2 aliphatic rings. The van der Waals surface area contributed by atoms with Gasteiger partial charge in [-0.05, 0) is 94.4 Å². The van der Waals surface area contributed by atoms with Crippen LogP contribution >= 0.6 is 0 Å². The molecular formula is C29H42O. The zero-order valence-electron chi connectivity index (χ0n) is 19.8. The quantitative estimate of drug-likeness (QED) is 0.411. The molecule has 0 aromatic heterocycles. The van der Waals surface area contributed by atoms with Gasteiger partial charge in [0.15, 0.2) is 0 Å². The molecule has 0 aliphatic heterocycles. The van der Waals surface area contributed by atoms with Gasteiger partial charge >= 0.3 is 0 Å². The minimum atomic E-state index is 0.645. The lowest BCUT2D eigenvalue weighted by Crippen LogP contribution is -2.23. The molecule has 30 heavy (non-hydrogen) atoms. The van der Waals surface area contributed by atoms with E-state index in [2.05, 4.69) is 70.2 Å². The van der Waals surface area contributed by atoms with Crippen LogP contribution in [0.5, 0.6) is 5.75 Å². The van der Waals surface area contributed by atoms with E-state index in [1.54, 1.807) is 0 Å². The standard InChI is InChI=1S/C29H42O/c1-5-22(2)19-23(3)20-24(4)21-30-29-17-15-28(16-18-29)27-13-11-26(12-14-27)25-9-7-6-8-10-25/h5,15-20,25-27H,6-14,21H2,1-4H3/b22-5-,23-19-,24-20+. The van der Waals surface area contributed by atoms with E-state index in [1.165, 1.54) is 80.1 Å². The van der Waals surface area contributed by atoms with Gasteiger partial charge in [-0.1, -0.05) is 73.6 Å². The van der Waals surface area contributed by atoms with Crippen LogP contribution in [0.1, 0.15) is 97.0 Å². The minimum absolute atomic E-state index is 0.645. The number of rotatable bonds is 7. The Morgan fingerprint density at radius 3 is 2.07 bits per heavy atom. The Hall–Kier alpha value is -1.76. The Morgan fingerprint density at radius 1 is 0.800 bits per heavy atom. The topological polar surface area (TPSA) is 9.23 Å². The Balaban J connectivity index is 1.46. The van der Waals surface area contributed by atoms with E-state index in [1.807, 2.05) is 0 Å². The second kappa shape index (κ2) is 11.6. The lowest BCUT2D eigenvalue weighted by Gasteiger charge is -2.36. The molecule has 1 aromatic carbocycles. The molecule has 0 radical (unpaired) electrons. The summed E-state index contributed by atoms with van der Waals surface area (Å²) in [6.45, 7) is 9.14. The molecule has 0 amide bonds. The van der Waals surface area contributed by atoms with Crippen LogP contribution < -0.4 is 4.74 Å². The highest BCUT2D eigenvalue weighted by Gasteiger charge is 2.28. The maximum Gasteiger partial charge on any atom is 0.119 e. The molecule has 0 saturated heterocycles. The first-order valence-electron chi connectivity index (χ1n) is 12.3. The highest BCUT2D eigenvalue weighted by atomic mass is 16.5. The second-order valence-corrected chi connectivity index (χ2v) is 9.78. The summed E-state index contributed by atoms with van der Waals surface area (Å²) < 4.78 is 6.03. The number of allylic oxidation sites excluding steroid dienone is 5. The molecule has 2 fully saturated rings. The zero-order chi connectivity index (χ0) is 21.3. The highest BCUT2D eigenvalue weighted by Crippen LogP contribution is 2.43. The van der Waals surface area contributed by atoms with Crippen LogP contribution in [-0.2, 0) is 0 Å². The number of hydrogen-bond acceptors (Lipinski definition) is 1. The Labute approximate surface area is 185 Å². The summed E-state index contributed by atoms with van der Waals surface area (Å²) in [6, 6.07) is 8.95. The molecule has 0 spiro atoms.